The fraction of sp³-hybridized carbons (Fsp3) is 0.400. The Bertz CT molecular complexity index is 1190. The van der Waals surface area contributed by atoms with E-state index in [-0.39, 0.29) is 29.2 Å². The van der Waals surface area contributed by atoms with Crippen molar-refractivity contribution in [3.8, 4) is 0 Å². The quantitative estimate of drug-likeness (QED) is 0.681. The molecule has 9 heteroatoms. The van der Waals surface area contributed by atoms with Gasteiger partial charge in [0.15, 0.2) is 0 Å². The third-order valence-corrected chi connectivity index (χ3v) is 7.67. The maximum Gasteiger partial charge on any atom is 0.262 e. The average Bonchev–Trinajstić information content (AvgIpc) is 3.07. The van der Waals surface area contributed by atoms with Gasteiger partial charge in [-0.25, -0.2) is 8.42 Å². The van der Waals surface area contributed by atoms with E-state index < -0.39 is 10.0 Å². The molecule has 0 fully saturated rings. The van der Waals surface area contributed by atoms with Crippen LogP contribution >= 0.6 is 0 Å². The van der Waals surface area contributed by atoms with E-state index in [9.17, 15) is 18.0 Å². The molecule has 2 amide bonds. The number of anilines is 1. The zero-order valence-corrected chi connectivity index (χ0v) is 20.1. The molecule has 34 heavy (non-hydrogen) atoms. The number of hydrogen-bond acceptors (Lipinski definition) is 5. The predicted octanol–water partition coefficient (Wildman–Crippen LogP) is 3.41. The van der Waals surface area contributed by atoms with Crippen molar-refractivity contribution >= 4 is 33.4 Å². The molecule has 4 rings (SSSR count). The number of amides is 2. The van der Waals surface area contributed by atoms with Crippen LogP contribution in [0.1, 0.15) is 56.2 Å². The number of amidine groups is 1. The summed E-state index contributed by atoms with van der Waals surface area (Å²) in [6.45, 7) is 2.73. The first kappa shape index (κ1) is 23.9. The Labute approximate surface area is 200 Å². The van der Waals surface area contributed by atoms with Gasteiger partial charge >= 0.3 is 0 Å². The van der Waals surface area contributed by atoms with Crippen LogP contribution in [0, 0.1) is 0 Å². The molecule has 180 valence electrons. The fourth-order valence-corrected chi connectivity index (χ4v) is 5.61. The second kappa shape index (κ2) is 10.4. The van der Waals surface area contributed by atoms with Gasteiger partial charge in [0.1, 0.15) is 5.84 Å². The predicted molar refractivity (Wildman–Crippen MR) is 131 cm³/mol. The Kier molecular flexibility index (Phi) is 7.31. The Morgan fingerprint density at radius 3 is 2.56 bits per heavy atom. The van der Waals surface area contributed by atoms with Gasteiger partial charge in [0.05, 0.1) is 17.4 Å². The van der Waals surface area contributed by atoms with Crippen molar-refractivity contribution in [1.82, 2.24) is 9.62 Å². The van der Waals surface area contributed by atoms with Crippen LogP contribution < -0.4 is 10.0 Å². The van der Waals surface area contributed by atoms with Crippen LogP contribution in [0.15, 0.2) is 58.4 Å². The summed E-state index contributed by atoms with van der Waals surface area (Å²) < 4.78 is 28.0. The van der Waals surface area contributed by atoms with Gasteiger partial charge in [0.25, 0.3) is 10.0 Å². The lowest BCUT2D eigenvalue weighted by Gasteiger charge is -2.36. The Morgan fingerprint density at radius 2 is 1.79 bits per heavy atom. The van der Waals surface area contributed by atoms with Crippen molar-refractivity contribution < 1.29 is 18.0 Å². The highest BCUT2D eigenvalue weighted by Gasteiger charge is 2.30. The minimum atomic E-state index is -3.73. The lowest BCUT2D eigenvalue weighted by Crippen LogP contribution is -2.40. The van der Waals surface area contributed by atoms with Crippen molar-refractivity contribution in [2.75, 3.05) is 18.4 Å². The zero-order chi connectivity index (χ0) is 24.1. The summed E-state index contributed by atoms with van der Waals surface area (Å²) >= 11 is 0. The molecular weight excluding hydrogens is 452 g/mol. The average molecular weight is 483 g/mol. The summed E-state index contributed by atoms with van der Waals surface area (Å²) in [5, 5.41) is 2.83. The van der Waals surface area contributed by atoms with Crippen LogP contribution in [0.25, 0.3) is 0 Å². The summed E-state index contributed by atoms with van der Waals surface area (Å²) in [6, 6.07) is 13.6. The van der Waals surface area contributed by atoms with Crippen LogP contribution in [0.5, 0.6) is 0 Å². The van der Waals surface area contributed by atoms with Gasteiger partial charge in [-0.1, -0.05) is 30.7 Å². The van der Waals surface area contributed by atoms with E-state index in [0.29, 0.717) is 31.0 Å². The minimum absolute atomic E-state index is 0.0624. The highest BCUT2D eigenvalue weighted by molar-refractivity contribution is 7.90. The summed E-state index contributed by atoms with van der Waals surface area (Å²) in [4.78, 5) is 31.2. The number of benzene rings is 2. The second-order valence-corrected chi connectivity index (χ2v) is 10.4. The first-order valence-corrected chi connectivity index (χ1v) is 13.1. The Balaban J connectivity index is 1.42. The molecule has 1 unspecified atom stereocenters. The molecule has 0 saturated heterocycles. The number of nitrogens with zero attached hydrogens (tertiary/aromatic N) is 2. The molecule has 0 aromatic heterocycles. The molecule has 2 N–H and O–H groups in total. The van der Waals surface area contributed by atoms with Crippen LogP contribution in [-0.2, 0) is 26.0 Å². The van der Waals surface area contributed by atoms with Crippen LogP contribution in [0.2, 0.25) is 0 Å². The lowest BCUT2D eigenvalue weighted by atomic mass is 9.90. The summed E-state index contributed by atoms with van der Waals surface area (Å²) in [7, 11) is -3.73. The SMILES string of the molecule is CC(=O)N1CCc2ccccc2C1CC(=O)Nc1ccc(S(=O)(=O)NC2=NCCCCC2)cc1. The number of rotatable bonds is 5. The number of hydrogen-bond donors (Lipinski definition) is 2. The molecule has 2 aromatic rings. The topological polar surface area (TPSA) is 108 Å². The van der Waals surface area contributed by atoms with E-state index in [1.165, 1.54) is 19.1 Å². The molecule has 0 bridgehead atoms. The molecule has 2 aliphatic rings. The normalized spacial score (nSPS) is 18.3. The summed E-state index contributed by atoms with van der Waals surface area (Å²) in [6.07, 6.45) is 4.44. The van der Waals surface area contributed by atoms with E-state index in [0.717, 1.165) is 36.8 Å². The van der Waals surface area contributed by atoms with Crippen LogP contribution in [-0.4, -0.2) is 44.1 Å². The van der Waals surface area contributed by atoms with E-state index in [2.05, 4.69) is 15.0 Å². The molecule has 1 atom stereocenters. The van der Waals surface area contributed by atoms with Gasteiger partial charge < -0.3 is 10.2 Å². The number of fused-ring (bicyclic) bond motifs is 1. The minimum Gasteiger partial charge on any atom is -0.335 e. The molecular formula is C25H30N4O4S. The van der Waals surface area contributed by atoms with Crippen molar-refractivity contribution in [3.63, 3.8) is 0 Å². The summed E-state index contributed by atoms with van der Waals surface area (Å²) in [5.74, 6) is 0.194. The first-order valence-electron chi connectivity index (χ1n) is 11.6. The highest BCUT2D eigenvalue weighted by Crippen LogP contribution is 2.32. The van der Waals surface area contributed by atoms with Crippen LogP contribution in [0.4, 0.5) is 5.69 Å². The van der Waals surface area contributed by atoms with Crippen molar-refractivity contribution in [2.45, 2.75) is 56.4 Å². The standard InChI is InChI=1S/C25H30N4O4S/c1-18(30)29-16-14-19-7-4-5-8-22(19)23(29)17-25(31)27-20-10-12-21(13-11-20)34(32,33)28-24-9-3-2-6-15-26-24/h4-5,7-8,10-13,23H,2-3,6,9,14-17H2,1H3,(H,26,28)(H,27,31). The Hall–Kier alpha value is -3.20. The van der Waals surface area contributed by atoms with Gasteiger partial charge in [0.2, 0.25) is 11.8 Å². The highest BCUT2D eigenvalue weighted by atomic mass is 32.2. The number of aliphatic imine (C=N–C) groups is 1. The summed E-state index contributed by atoms with van der Waals surface area (Å²) in [5.41, 5.74) is 2.64. The third kappa shape index (κ3) is 5.64. The fourth-order valence-electron chi connectivity index (χ4n) is 4.53. The van der Waals surface area contributed by atoms with Gasteiger partial charge in [0, 0.05) is 32.1 Å². The van der Waals surface area contributed by atoms with Gasteiger partial charge in [-0.3, -0.25) is 19.3 Å². The molecule has 2 heterocycles. The van der Waals surface area contributed by atoms with Crippen molar-refractivity contribution in [1.29, 1.82) is 0 Å². The van der Waals surface area contributed by atoms with Crippen molar-refractivity contribution in [3.05, 3.63) is 59.7 Å². The zero-order valence-electron chi connectivity index (χ0n) is 19.3. The molecule has 2 aromatic carbocycles. The molecule has 2 aliphatic heterocycles. The van der Waals surface area contributed by atoms with Crippen molar-refractivity contribution in [2.24, 2.45) is 4.99 Å². The smallest absolute Gasteiger partial charge is 0.262 e. The number of nitrogens with one attached hydrogen (secondary N) is 2. The molecule has 0 radical (unpaired) electrons. The lowest BCUT2D eigenvalue weighted by molar-refractivity contribution is -0.132. The van der Waals surface area contributed by atoms with Gasteiger partial charge in [-0.2, -0.15) is 0 Å². The second-order valence-electron chi connectivity index (χ2n) is 8.70. The van der Waals surface area contributed by atoms with E-state index in [4.69, 9.17) is 0 Å². The van der Waals surface area contributed by atoms with Gasteiger partial charge in [-0.15, -0.1) is 0 Å². The van der Waals surface area contributed by atoms with E-state index in [1.54, 1.807) is 17.0 Å². The monoisotopic (exact) mass is 482 g/mol. The number of carbonyl (C=O) groups excluding carboxylic acids is 2. The largest absolute Gasteiger partial charge is 0.335 e. The number of carbonyl (C=O) groups is 2. The van der Waals surface area contributed by atoms with E-state index >= 15 is 0 Å². The molecule has 0 aliphatic carbocycles. The number of sulfonamides is 1. The first-order chi connectivity index (χ1) is 16.3. The maximum absolute atomic E-state index is 12.8. The van der Waals surface area contributed by atoms with Crippen LogP contribution in [0.3, 0.4) is 0 Å². The Morgan fingerprint density at radius 1 is 1.03 bits per heavy atom. The maximum atomic E-state index is 12.8. The molecule has 0 saturated carbocycles. The molecule has 8 nitrogen and oxygen atoms in total. The van der Waals surface area contributed by atoms with Gasteiger partial charge in [-0.05, 0) is 54.7 Å². The third-order valence-electron chi connectivity index (χ3n) is 6.27. The van der Waals surface area contributed by atoms with E-state index in [1.807, 2.05) is 24.3 Å². The molecule has 0 spiro atoms.